The van der Waals surface area contributed by atoms with E-state index in [0.29, 0.717) is 11.8 Å². The minimum Gasteiger partial charge on any atom is -0.444 e. The molecular weight excluding hydrogens is 466 g/mol. The Balaban J connectivity index is 3.29. The quantitative estimate of drug-likeness (QED) is 0.215. The predicted molar refractivity (Wildman–Crippen MR) is 135 cm³/mol. The van der Waals surface area contributed by atoms with Gasteiger partial charge in [-0.1, -0.05) is 47.6 Å². The maximum Gasteiger partial charge on any atom is 0.410 e. The Labute approximate surface area is 214 Å². The van der Waals surface area contributed by atoms with Gasteiger partial charge in [0, 0.05) is 13.5 Å². The van der Waals surface area contributed by atoms with Crippen molar-refractivity contribution >= 4 is 24.3 Å². The summed E-state index contributed by atoms with van der Waals surface area (Å²) in [4.78, 5) is 49.3. The fourth-order valence-corrected chi connectivity index (χ4v) is 3.08. The number of methoxy groups -OCH3 is 1. The highest BCUT2D eigenvalue weighted by Gasteiger charge is 2.34. The van der Waals surface area contributed by atoms with Crippen LogP contribution in [0.25, 0.3) is 0 Å². The third-order valence-corrected chi connectivity index (χ3v) is 4.54. The molecule has 1 N–H and O–H groups in total. The zero-order chi connectivity index (χ0) is 27.9. The summed E-state index contributed by atoms with van der Waals surface area (Å²) in [5, 5.41) is 2.45. The number of aldehydes is 1. The Morgan fingerprint density at radius 2 is 1.33 bits per heavy atom. The van der Waals surface area contributed by atoms with Gasteiger partial charge in [0.25, 0.3) is 0 Å². The van der Waals surface area contributed by atoms with Crippen LogP contribution in [-0.4, -0.2) is 42.8 Å². The van der Waals surface area contributed by atoms with Crippen molar-refractivity contribution in [3.63, 3.8) is 0 Å². The molecule has 0 radical (unpaired) electrons. The molecule has 0 heterocycles. The van der Waals surface area contributed by atoms with Gasteiger partial charge in [-0.15, -0.1) is 0 Å². The highest BCUT2D eigenvalue weighted by atomic mass is 16.6. The highest BCUT2D eigenvalue weighted by molar-refractivity contribution is 5.78. The number of hydrogen-bond donors (Lipinski definition) is 1. The normalized spacial score (nSPS) is 13.8. The fraction of sp³-hybridized carbons (Fsp3) is 0.630. The van der Waals surface area contributed by atoms with Crippen LogP contribution in [-0.2, 0) is 30.3 Å². The maximum atomic E-state index is 12.6. The van der Waals surface area contributed by atoms with Crippen molar-refractivity contribution in [2.24, 2.45) is 10.8 Å². The molecule has 1 aromatic rings. The van der Waals surface area contributed by atoms with E-state index < -0.39 is 29.4 Å². The molecule has 0 aliphatic heterocycles. The molecule has 202 valence electrons. The predicted octanol–water partition coefficient (Wildman–Crippen LogP) is 4.98. The lowest BCUT2D eigenvalue weighted by atomic mass is 9.92. The van der Waals surface area contributed by atoms with Gasteiger partial charge in [0.05, 0.1) is 12.8 Å². The third-order valence-electron chi connectivity index (χ3n) is 4.54. The molecule has 1 atom stereocenters. The van der Waals surface area contributed by atoms with Crippen LogP contribution in [0.4, 0.5) is 4.79 Å². The first-order valence-corrected chi connectivity index (χ1v) is 11.8. The van der Waals surface area contributed by atoms with E-state index in [0.717, 1.165) is 0 Å². The topological polar surface area (TPSA) is 117 Å². The summed E-state index contributed by atoms with van der Waals surface area (Å²) in [5.41, 5.74) is -2.65. The Hall–Kier alpha value is -2.94. The van der Waals surface area contributed by atoms with Gasteiger partial charge in [-0.05, 0) is 49.3 Å². The molecule has 0 unspecified atom stereocenters. The lowest BCUT2D eigenvalue weighted by molar-refractivity contribution is -0.139. The van der Waals surface area contributed by atoms with Crippen LogP contribution >= 0.6 is 0 Å². The number of esters is 2. The molecular formula is C27H41NO8. The molecule has 0 saturated carbocycles. The smallest absolute Gasteiger partial charge is 0.410 e. The Morgan fingerprint density at radius 3 is 1.75 bits per heavy atom. The van der Waals surface area contributed by atoms with Crippen molar-refractivity contribution in [2.45, 2.75) is 92.9 Å². The standard InChI is InChI=1S/C27H41NO8/c1-24(2,3)15-21(30)34-19-12-11-18(13-20(19)35-22(31)16-25(4,5)6)14-27(17-29,33-10)28-23(32)36-26(7,8)9/h11-13,17H,14-16H2,1-10H3,(H,28,32)/t27-/m0/s1. The molecule has 0 aromatic heterocycles. The Kier molecular flexibility index (Phi) is 10.2. The maximum absolute atomic E-state index is 12.6. The van der Waals surface area contributed by atoms with Crippen molar-refractivity contribution in [3.05, 3.63) is 23.8 Å². The summed E-state index contributed by atoms with van der Waals surface area (Å²) in [7, 11) is 1.28. The Bertz CT molecular complexity index is 950. The van der Waals surface area contributed by atoms with Gasteiger partial charge in [0.2, 0.25) is 5.72 Å². The van der Waals surface area contributed by atoms with Crippen LogP contribution in [0.2, 0.25) is 0 Å². The summed E-state index contributed by atoms with van der Waals surface area (Å²) < 4.78 is 21.7. The first kappa shape index (κ1) is 31.1. The minimum atomic E-state index is -1.74. The van der Waals surface area contributed by atoms with Crippen molar-refractivity contribution < 1.29 is 38.1 Å². The van der Waals surface area contributed by atoms with Crippen LogP contribution in [0, 0.1) is 10.8 Å². The molecule has 0 spiro atoms. The van der Waals surface area contributed by atoms with E-state index in [1.165, 1.54) is 19.2 Å². The molecule has 1 aromatic carbocycles. The third kappa shape index (κ3) is 11.7. The summed E-state index contributed by atoms with van der Waals surface area (Å²) in [6.45, 7) is 16.5. The van der Waals surface area contributed by atoms with E-state index >= 15 is 0 Å². The van der Waals surface area contributed by atoms with Gasteiger partial charge in [0.15, 0.2) is 17.8 Å². The Morgan fingerprint density at radius 1 is 0.833 bits per heavy atom. The average molecular weight is 508 g/mol. The minimum absolute atomic E-state index is 0.0252. The summed E-state index contributed by atoms with van der Waals surface area (Å²) >= 11 is 0. The molecule has 9 heteroatoms. The van der Waals surface area contributed by atoms with Crippen LogP contribution in [0.3, 0.4) is 0 Å². The SMILES string of the molecule is CO[C@](C=O)(Cc1ccc(OC(=O)CC(C)(C)C)c(OC(=O)CC(C)(C)C)c1)NC(=O)OC(C)(C)C. The number of carbonyl (C=O) groups is 4. The van der Waals surface area contributed by atoms with Gasteiger partial charge in [-0.3, -0.25) is 19.7 Å². The van der Waals surface area contributed by atoms with Gasteiger partial charge in [0.1, 0.15) is 5.60 Å². The first-order chi connectivity index (χ1) is 16.3. The highest BCUT2D eigenvalue weighted by Crippen LogP contribution is 2.32. The summed E-state index contributed by atoms with van der Waals surface area (Å²) in [6, 6.07) is 4.55. The molecule has 1 rings (SSSR count). The zero-order valence-electron chi connectivity index (χ0n) is 23.2. The largest absolute Gasteiger partial charge is 0.444 e. The van der Waals surface area contributed by atoms with E-state index in [-0.39, 0.29) is 41.6 Å². The molecule has 36 heavy (non-hydrogen) atoms. The van der Waals surface area contributed by atoms with Crippen LogP contribution in [0.15, 0.2) is 18.2 Å². The van der Waals surface area contributed by atoms with Crippen molar-refractivity contribution in [1.29, 1.82) is 0 Å². The van der Waals surface area contributed by atoms with Gasteiger partial charge < -0.3 is 18.9 Å². The second kappa shape index (κ2) is 11.9. The van der Waals surface area contributed by atoms with Crippen molar-refractivity contribution in [2.75, 3.05) is 7.11 Å². The zero-order valence-corrected chi connectivity index (χ0v) is 23.2. The number of benzene rings is 1. The van der Waals surface area contributed by atoms with Crippen LogP contribution in [0.1, 0.15) is 80.7 Å². The van der Waals surface area contributed by atoms with Gasteiger partial charge >= 0.3 is 18.0 Å². The molecule has 0 aliphatic carbocycles. The second-order valence-electron chi connectivity index (χ2n) is 12.2. The van der Waals surface area contributed by atoms with Crippen LogP contribution < -0.4 is 14.8 Å². The van der Waals surface area contributed by atoms with E-state index in [1.807, 2.05) is 41.5 Å². The summed E-state index contributed by atoms with van der Waals surface area (Å²) in [6.07, 6.45) is -0.197. The van der Waals surface area contributed by atoms with E-state index in [4.69, 9.17) is 18.9 Å². The second-order valence-corrected chi connectivity index (χ2v) is 12.2. The number of alkyl carbamates (subject to hydrolysis) is 1. The van der Waals surface area contributed by atoms with Crippen molar-refractivity contribution in [3.8, 4) is 11.5 Å². The molecule has 1 amide bonds. The lowest BCUT2D eigenvalue weighted by Crippen LogP contribution is -2.54. The molecule has 0 fully saturated rings. The van der Waals surface area contributed by atoms with Crippen LogP contribution in [0.5, 0.6) is 11.5 Å². The van der Waals surface area contributed by atoms with Gasteiger partial charge in [-0.2, -0.15) is 0 Å². The molecule has 0 bridgehead atoms. The fourth-order valence-electron chi connectivity index (χ4n) is 3.08. The number of ether oxygens (including phenoxy) is 4. The number of amides is 1. The van der Waals surface area contributed by atoms with Gasteiger partial charge in [-0.25, -0.2) is 4.79 Å². The van der Waals surface area contributed by atoms with E-state index in [9.17, 15) is 19.2 Å². The summed E-state index contributed by atoms with van der Waals surface area (Å²) in [5.74, 6) is -0.885. The number of hydrogen-bond acceptors (Lipinski definition) is 8. The number of nitrogens with one attached hydrogen (secondary N) is 1. The lowest BCUT2D eigenvalue weighted by Gasteiger charge is -2.29. The average Bonchev–Trinajstić information content (AvgIpc) is 2.65. The van der Waals surface area contributed by atoms with Crippen molar-refractivity contribution in [1.82, 2.24) is 5.32 Å². The van der Waals surface area contributed by atoms with E-state index in [2.05, 4.69) is 5.32 Å². The monoisotopic (exact) mass is 507 g/mol. The molecule has 0 aliphatic rings. The number of rotatable bonds is 9. The molecule has 0 saturated heterocycles. The van der Waals surface area contributed by atoms with E-state index in [1.54, 1.807) is 26.8 Å². The molecule has 9 nitrogen and oxygen atoms in total. The first-order valence-electron chi connectivity index (χ1n) is 11.8. The number of carbonyl (C=O) groups excluding carboxylic acids is 4.